The largest absolute Gasteiger partial charge is 0.351 e. The van der Waals surface area contributed by atoms with Gasteiger partial charge in [-0.2, -0.15) is 0 Å². The lowest BCUT2D eigenvalue weighted by Gasteiger charge is -2.23. The Hall–Kier alpha value is -1.10. The van der Waals surface area contributed by atoms with Crippen molar-refractivity contribution in [1.29, 1.82) is 0 Å². The van der Waals surface area contributed by atoms with E-state index in [-0.39, 0.29) is 24.4 Å². The molecular weight excluding hydrogens is 230 g/mol. The zero-order chi connectivity index (χ0) is 13.4. The molecule has 5 heteroatoms. The van der Waals surface area contributed by atoms with Crippen LogP contribution < -0.4 is 16.0 Å². The molecule has 3 N–H and O–H groups in total. The second-order valence-electron chi connectivity index (χ2n) is 5.32. The number of carbonyl (C=O) groups is 2. The molecule has 104 valence electrons. The van der Waals surface area contributed by atoms with Crippen LogP contribution in [-0.4, -0.2) is 37.5 Å². The van der Waals surface area contributed by atoms with Crippen LogP contribution in [0.1, 0.15) is 39.5 Å². The number of hydrogen-bond donors (Lipinski definition) is 3. The van der Waals surface area contributed by atoms with Gasteiger partial charge in [0, 0.05) is 19.0 Å². The fourth-order valence-corrected chi connectivity index (χ4v) is 1.94. The number of piperidine rings is 1. The SMILES string of the molecule is CC(C)CCC(=O)NCC(=O)NC1CCCNC1. The molecule has 0 radical (unpaired) electrons. The van der Waals surface area contributed by atoms with Crippen LogP contribution in [0, 0.1) is 5.92 Å². The lowest BCUT2D eigenvalue weighted by Crippen LogP contribution is -2.48. The first-order valence-corrected chi connectivity index (χ1v) is 6.84. The molecule has 1 unspecified atom stereocenters. The molecule has 1 heterocycles. The van der Waals surface area contributed by atoms with Crippen LogP contribution in [0.5, 0.6) is 0 Å². The van der Waals surface area contributed by atoms with Crippen molar-refractivity contribution >= 4 is 11.8 Å². The fraction of sp³-hybridized carbons (Fsp3) is 0.846. The van der Waals surface area contributed by atoms with Gasteiger partial charge in [0.15, 0.2) is 0 Å². The predicted molar refractivity (Wildman–Crippen MR) is 71.1 cm³/mol. The Labute approximate surface area is 109 Å². The van der Waals surface area contributed by atoms with Gasteiger partial charge < -0.3 is 16.0 Å². The van der Waals surface area contributed by atoms with E-state index in [4.69, 9.17) is 0 Å². The maximum atomic E-state index is 11.6. The third kappa shape index (κ3) is 6.59. The molecule has 18 heavy (non-hydrogen) atoms. The smallest absolute Gasteiger partial charge is 0.239 e. The van der Waals surface area contributed by atoms with Crippen LogP contribution in [0.2, 0.25) is 0 Å². The van der Waals surface area contributed by atoms with Crippen LogP contribution in [-0.2, 0) is 9.59 Å². The summed E-state index contributed by atoms with van der Waals surface area (Å²) in [5, 5.41) is 8.81. The van der Waals surface area contributed by atoms with E-state index in [1.165, 1.54) is 0 Å². The first-order chi connectivity index (χ1) is 8.58. The van der Waals surface area contributed by atoms with E-state index in [9.17, 15) is 9.59 Å². The van der Waals surface area contributed by atoms with Gasteiger partial charge in [0.2, 0.25) is 11.8 Å². The van der Waals surface area contributed by atoms with Crippen molar-refractivity contribution in [3.8, 4) is 0 Å². The number of carbonyl (C=O) groups excluding carboxylic acids is 2. The van der Waals surface area contributed by atoms with Crippen LogP contribution in [0.3, 0.4) is 0 Å². The van der Waals surface area contributed by atoms with E-state index in [2.05, 4.69) is 29.8 Å². The molecule has 1 aliphatic rings. The average molecular weight is 255 g/mol. The Kier molecular flexibility index (Phi) is 6.72. The van der Waals surface area contributed by atoms with Gasteiger partial charge in [-0.3, -0.25) is 9.59 Å². The summed E-state index contributed by atoms with van der Waals surface area (Å²) in [7, 11) is 0. The highest BCUT2D eigenvalue weighted by molar-refractivity contribution is 5.84. The van der Waals surface area contributed by atoms with Crippen LogP contribution >= 0.6 is 0 Å². The maximum absolute atomic E-state index is 11.6. The van der Waals surface area contributed by atoms with E-state index in [0.29, 0.717) is 12.3 Å². The van der Waals surface area contributed by atoms with Gasteiger partial charge >= 0.3 is 0 Å². The van der Waals surface area contributed by atoms with Gasteiger partial charge in [0.05, 0.1) is 6.54 Å². The van der Waals surface area contributed by atoms with Crippen LogP contribution in [0.25, 0.3) is 0 Å². The zero-order valence-electron chi connectivity index (χ0n) is 11.4. The van der Waals surface area contributed by atoms with E-state index in [1.54, 1.807) is 0 Å². The quantitative estimate of drug-likeness (QED) is 0.644. The van der Waals surface area contributed by atoms with Gasteiger partial charge in [-0.05, 0) is 31.7 Å². The maximum Gasteiger partial charge on any atom is 0.239 e. The Morgan fingerprint density at radius 2 is 2.11 bits per heavy atom. The minimum Gasteiger partial charge on any atom is -0.351 e. The second-order valence-corrected chi connectivity index (χ2v) is 5.32. The lowest BCUT2D eigenvalue weighted by atomic mass is 10.1. The topological polar surface area (TPSA) is 70.2 Å². The molecule has 0 aliphatic carbocycles. The van der Waals surface area contributed by atoms with Crippen molar-refractivity contribution in [3.05, 3.63) is 0 Å². The van der Waals surface area contributed by atoms with E-state index in [1.807, 2.05) is 0 Å². The highest BCUT2D eigenvalue weighted by Gasteiger charge is 2.15. The van der Waals surface area contributed by atoms with E-state index < -0.39 is 0 Å². The van der Waals surface area contributed by atoms with Crippen molar-refractivity contribution < 1.29 is 9.59 Å². The molecule has 0 spiro atoms. The highest BCUT2D eigenvalue weighted by atomic mass is 16.2. The monoisotopic (exact) mass is 255 g/mol. The van der Waals surface area contributed by atoms with Gasteiger partial charge in [-0.1, -0.05) is 13.8 Å². The molecular formula is C13H25N3O2. The summed E-state index contributed by atoms with van der Waals surface area (Å²) in [4.78, 5) is 23.0. The number of amides is 2. The third-order valence-electron chi connectivity index (χ3n) is 3.06. The first kappa shape index (κ1) is 15.0. The second kappa shape index (κ2) is 8.08. The summed E-state index contributed by atoms with van der Waals surface area (Å²) in [5.74, 6) is 0.375. The lowest BCUT2D eigenvalue weighted by molar-refractivity contribution is -0.126. The molecule has 1 atom stereocenters. The minimum atomic E-state index is -0.0957. The standard InChI is InChI=1S/C13H25N3O2/c1-10(2)5-6-12(17)15-9-13(18)16-11-4-3-7-14-8-11/h10-11,14H,3-9H2,1-2H3,(H,15,17)(H,16,18). The molecule has 1 saturated heterocycles. The highest BCUT2D eigenvalue weighted by Crippen LogP contribution is 2.03. The Morgan fingerprint density at radius 3 is 2.72 bits per heavy atom. The summed E-state index contributed by atoms with van der Waals surface area (Å²) < 4.78 is 0. The Bertz CT molecular complexity index is 273. The van der Waals surface area contributed by atoms with Crippen LogP contribution in [0.4, 0.5) is 0 Å². The molecule has 0 aromatic rings. The summed E-state index contributed by atoms with van der Waals surface area (Å²) in [6, 6.07) is 0.207. The van der Waals surface area contributed by atoms with Gasteiger partial charge in [0.25, 0.3) is 0 Å². The molecule has 1 aliphatic heterocycles. The third-order valence-corrected chi connectivity index (χ3v) is 3.06. The van der Waals surface area contributed by atoms with Crippen molar-refractivity contribution in [3.63, 3.8) is 0 Å². The van der Waals surface area contributed by atoms with Gasteiger partial charge in [0.1, 0.15) is 0 Å². The molecule has 5 nitrogen and oxygen atoms in total. The van der Waals surface area contributed by atoms with Crippen molar-refractivity contribution in [2.45, 2.75) is 45.6 Å². The average Bonchev–Trinajstić information content (AvgIpc) is 2.35. The van der Waals surface area contributed by atoms with Crippen molar-refractivity contribution in [1.82, 2.24) is 16.0 Å². The molecule has 2 amide bonds. The predicted octanol–water partition coefficient (Wildman–Crippen LogP) is 0.407. The summed E-state index contributed by atoms with van der Waals surface area (Å²) in [5.41, 5.74) is 0. The minimum absolute atomic E-state index is 0.0411. The first-order valence-electron chi connectivity index (χ1n) is 6.84. The molecule has 0 aromatic heterocycles. The molecule has 0 bridgehead atoms. The Morgan fingerprint density at radius 1 is 1.33 bits per heavy atom. The van der Waals surface area contributed by atoms with Gasteiger partial charge in [-0.25, -0.2) is 0 Å². The zero-order valence-corrected chi connectivity index (χ0v) is 11.4. The summed E-state index contributed by atoms with van der Waals surface area (Å²) in [6.45, 7) is 6.10. The molecule has 1 rings (SSSR count). The van der Waals surface area contributed by atoms with Crippen molar-refractivity contribution in [2.75, 3.05) is 19.6 Å². The van der Waals surface area contributed by atoms with Crippen molar-refractivity contribution in [2.24, 2.45) is 5.92 Å². The Balaban J connectivity index is 2.10. The van der Waals surface area contributed by atoms with Gasteiger partial charge in [-0.15, -0.1) is 0 Å². The fourth-order valence-electron chi connectivity index (χ4n) is 1.94. The normalized spacial score (nSPS) is 19.6. The molecule has 0 aromatic carbocycles. The van der Waals surface area contributed by atoms with E-state index in [0.717, 1.165) is 32.4 Å². The van der Waals surface area contributed by atoms with Crippen LogP contribution in [0.15, 0.2) is 0 Å². The number of rotatable bonds is 6. The molecule has 1 fully saturated rings. The van der Waals surface area contributed by atoms with E-state index >= 15 is 0 Å². The summed E-state index contributed by atoms with van der Waals surface area (Å²) >= 11 is 0. The molecule has 0 saturated carbocycles. The summed E-state index contributed by atoms with van der Waals surface area (Å²) in [6.07, 6.45) is 3.46. The number of hydrogen-bond acceptors (Lipinski definition) is 3. The number of nitrogens with one attached hydrogen (secondary N) is 3.